The van der Waals surface area contributed by atoms with Crippen LogP contribution in [-0.4, -0.2) is 31.7 Å². The summed E-state index contributed by atoms with van der Waals surface area (Å²) < 4.78 is 65.3. The molecule has 10 heteroatoms. The minimum atomic E-state index is -4.73. The third-order valence-electron chi connectivity index (χ3n) is 3.61. The highest BCUT2D eigenvalue weighted by Crippen LogP contribution is 2.36. The number of hydrogen-bond donors (Lipinski definition) is 1. The Kier molecular flexibility index (Phi) is 6.50. The Morgan fingerprint density at radius 1 is 1.15 bits per heavy atom. The molecule has 0 aliphatic heterocycles. The molecule has 0 aliphatic rings. The SMILES string of the molecule is CCN(CC(=O)Nc1ccc(Cl)cc1C(F)(F)F)S(=O)(=O)c1ccccc1. The maximum absolute atomic E-state index is 13.1. The molecule has 1 amide bonds. The standard InChI is InChI=1S/C17H16ClF3N2O3S/c1-2-23(27(25,26)13-6-4-3-5-7-13)11-16(24)22-15-9-8-12(18)10-14(15)17(19,20)21/h3-10H,2,11H2,1H3,(H,22,24). The molecule has 146 valence electrons. The summed E-state index contributed by atoms with van der Waals surface area (Å²) in [7, 11) is -3.95. The van der Waals surface area contributed by atoms with Gasteiger partial charge in [-0.15, -0.1) is 0 Å². The fourth-order valence-electron chi connectivity index (χ4n) is 2.32. The lowest BCUT2D eigenvalue weighted by molar-refractivity contribution is -0.137. The van der Waals surface area contributed by atoms with Gasteiger partial charge in [-0.25, -0.2) is 8.42 Å². The number of carbonyl (C=O) groups is 1. The first-order valence-corrected chi connectivity index (χ1v) is 9.59. The normalized spacial score (nSPS) is 12.2. The highest BCUT2D eigenvalue weighted by Gasteiger charge is 2.34. The van der Waals surface area contributed by atoms with E-state index in [1.165, 1.54) is 37.3 Å². The molecule has 2 rings (SSSR count). The van der Waals surface area contributed by atoms with Crippen molar-refractivity contribution in [2.75, 3.05) is 18.4 Å². The summed E-state index contributed by atoms with van der Waals surface area (Å²) in [5.74, 6) is -0.899. The average molecular weight is 421 g/mol. The quantitative estimate of drug-likeness (QED) is 0.767. The molecule has 0 radical (unpaired) electrons. The highest BCUT2D eigenvalue weighted by atomic mass is 35.5. The van der Waals surface area contributed by atoms with Crippen LogP contribution in [0.25, 0.3) is 0 Å². The Hall–Kier alpha value is -2.10. The molecule has 0 spiro atoms. The molecular formula is C17H16ClF3N2O3S. The first-order valence-electron chi connectivity index (χ1n) is 7.77. The van der Waals surface area contributed by atoms with Crippen LogP contribution in [-0.2, 0) is 21.0 Å². The van der Waals surface area contributed by atoms with Gasteiger partial charge in [0, 0.05) is 11.6 Å². The van der Waals surface area contributed by atoms with Crippen LogP contribution in [0.4, 0.5) is 18.9 Å². The first-order chi connectivity index (χ1) is 12.6. The van der Waals surface area contributed by atoms with Gasteiger partial charge in [-0.3, -0.25) is 4.79 Å². The van der Waals surface area contributed by atoms with Crippen molar-refractivity contribution in [3.63, 3.8) is 0 Å². The first kappa shape index (κ1) is 21.2. The number of amides is 1. The molecule has 1 N–H and O–H groups in total. The summed E-state index contributed by atoms with van der Waals surface area (Å²) in [6.45, 7) is 0.863. The van der Waals surface area contributed by atoms with Gasteiger partial charge < -0.3 is 5.32 Å². The van der Waals surface area contributed by atoms with E-state index < -0.39 is 39.9 Å². The van der Waals surface area contributed by atoms with Gasteiger partial charge in [0.1, 0.15) is 0 Å². The minimum Gasteiger partial charge on any atom is -0.324 e. The summed E-state index contributed by atoms with van der Waals surface area (Å²) in [6, 6.07) is 10.4. The monoisotopic (exact) mass is 420 g/mol. The summed E-state index contributed by atoms with van der Waals surface area (Å²) in [6.07, 6.45) is -4.73. The van der Waals surface area contributed by atoms with Crippen LogP contribution in [0.2, 0.25) is 5.02 Å². The molecule has 2 aromatic rings. The zero-order valence-electron chi connectivity index (χ0n) is 14.1. The number of rotatable bonds is 6. The summed E-state index contributed by atoms with van der Waals surface area (Å²) in [5, 5.41) is 1.97. The van der Waals surface area contributed by atoms with Crippen molar-refractivity contribution in [1.82, 2.24) is 4.31 Å². The van der Waals surface area contributed by atoms with Gasteiger partial charge >= 0.3 is 6.18 Å². The predicted octanol–water partition coefficient (Wildman–Crippen LogP) is 4.01. The molecule has 0 aliphatic carbocycles. The molecule has 0 saturated carbocycles. The van der Waals surface area contributed by atoms with Crippen molar-refractivity contribution in [3.8, 4) is 0 Å². The van der Waals surface area contributed by atoms with Crippen LogP contribution >= 0.6 is 11.6 Å². The topological polar surface area (TPSA) is 66.5 Å². The zero-order chi connectivity index (χ0) is 20.2. The van der Waals surface area contributed by atoms with Crippen LogP contribution in [0.5, 0.6) is 0 Å². The van der Waals surface area contributed by atoms with Gasteiger partial charge in [-0.05, 0) is 30.3 Å². The fourth-order valence-corrected chi connectivity index (χ4v) is 3.92. The average Bonchev–Trinajstić information content (AvgIpc) is 2.61. The van der Waals surface area contributed by atoms with Crippen molar-refractivity contribution < 1.29 is 26.4 Å². The molecular weight excluding hydrogens is 405 g/mol. The van der Waals surface area contributed by atoms with E-state index in [1.54, 1.807) is 6.07 Å². The van der Waals surface area contributed by atoms with Crippen LogP contribution in [0.1, 0.15) is 12.5 Å². The number of anilines is 1. The Labute approximate surface area is 159 Å². The maximum Gasteiger partial charge on any atom is 0.418 e. The largest absolute Gasteiger partial charge is 0.418 e. The Balaban J connectivity index is 2.22. The van der Waals surface area contributed by atoms with Crippen molar-refractivity contribution in [3.05, 3.63) is 59.1 Å². The van der Waals surface area contributed by atoms with E-state index in [9.17, 15) is 26.4 Å². The molecule has 27 heavy (non-hydrogen) atoms. The van der Waals surface area contributed by atoms with E-state index in [4.69, 9.17) is 11.6 Å². The molecule has 0 bridgehead atoms. The van der Waals surface area contributed by atoms with Crippen LogP contribution < -0.4 is 5.32 Å². The number of likely N-dealkylation sites (N-methyl/N-ethyl adjacent to an activating group) is 1. The third kappa shape index (κ3) is 5.21. The second-order valence-corrected chi connectivity index (χ2v) is 7.85. The van der Waals surface area contributed by atoms with Crippen molar-refractivity contribution in [2.45, 2.75) is 18.0 Å². The van der Waals surface area contributed by atoms with Crippen LogP contribution in [0, 0.1) is 0 Å². The molecule has 2 aromatic carbocycles. The van der Waals surface area contributed by atoms with E-state index >= 15 is 0 Å². The van der Waals surface area contributed by atoms with Crippen LogP contribution in [0.3, 0.4) is 0 Å². The molecule has 0 aromatic heterocycles. The second-order valence-electron chi connectivity index (χ2n) is 5.48. The number of alkyl halides is 3. The van der Waals surface area contributed by atoms with Crippen molar-refractivity contribution >= 4 is 33.2 Å². The summed E-state index contributed by atoms with van der Waals surface area (Å²) in [4.78, 5) is 12.2. The number of nitrogens with one attached hydrogen (secondary N) is 1. The van der Waals surface area contributed by atoms with E-state index in [1.807, 2.05) is 0 Å². The second kappa shape index (κ2) is 8.28. The summed E-state index contributed by atoms with van der Waals surface area (Å²) in [5.41, 5.74) is -1.61. The highest BCUT2D eigenvalue weighted by molar-refractivity contribution is 7.89. The van der Waals surface area contributed by atoms with E-state index in [0.717, 1.165) is 10.4 Å². The van der Waals surface area contributed by atoms with Gasteiger partial charge in [0.2, 0.25) is 15.9 Å². The number of nitrogens with zero attached hydrogens (tertiary/aromatic N) is 1. The van der Waals surface area contributed by atoms with Crippen molar-refractivity contribution in [1.29, 1.82) is 0 Å². The Morgan fingerprint density at radius 2 is 1.78 bits per heavy atom. The Morgan fingerprint density at radius 3 is 2.33 bits per heavy atom. The zero-order valence-corrected chi connectivity index (χ0v) is 15.7. The molecule has 0 unspecified atom stereocenters. The van der Waals surface area contributed by atoms with Gasteiger partial charge in [-0.2, -0.15) is 17.5 Å². The lowest BCUT2D eigenvalue weighted by atomic mass is 10.1. The fraction of sp³-hybridized carbons (Fsp3) is 0.235. The number of sulfonamides is 1. The Bertz CT molecular complexity index is 919. The van der Waals surface area contributed by atoms with Gasteiger partial charge in [0.15, 0.2) is 0 Å². The minimum absolute atomic E-state index is 0.0119. The van der Waals surface area contributed by atoms with E-state index in [0.29, 0.717) is 6.07 Å². The number of carbonyl (C=O) groups excluding carboxylic acids is 1. The smallest absolute Gasteiger partial charge is 0.324 e. The number of hydrogen-bond acceptors (Lipinski definition) is 3. The molecule has 5 nitrogen and oxygen atoms in total. The summed E-state index contributed by atoms with van der Waals surface area (Å²) >= 11 is 5.59. The van der Waals surface area contributed by atoms with Crippen LogP contribution in [0.15, 0.2) is 53.4 Å². The number of benzene rings is 2. The molecule has 0 fully saturated rings. The lowest BCUT2D eigenvalue weighted by Gasteiger charge is -2.21. The van der Waals surface area contributed by atoms with E-state index in [2.05, 4.69) is 5.32 Å². The van der Waals surface area contributed by atoms with Gasteiger partial charge in [0.05, 0.1) is 22.7 Å². The molecule has 0 heterocycles. The van der Waals surface area contributed by atoms with E-state index in [-0.39, 0.29) is 16.5 Å². The lowest BCUT2D eigenvalue weighted by Crippen LogP contribution is -2.38. The number of halogens is 4. The van der Waals surface area contributed by atoms with Gasteiger partial charge in [-0.1, -0.05) is 36.7 Å². The molecule has 0 saturated heterocycles. The third-order valence-corrected chi connectivity index (χ3v) is 5.78. The predicted molar refractivity (Wildman–Crippen MR) is 96.0 cm³/mol. The van der Waals surface area contributed by atoms with Crippen molar-refractivity contribution in [2.24, 2.45) is 0 Å². The molecule has 0 atom stereocenters. The van der Waals surface area contributed by atoms with Gasteiger partial charge in [0.25, 0.3) is 0 Å². The maximum atomic E-state index is 13.1.